The Morgan fingerprint density at radius 2 is 1.65 bits per heavy atom. The number of aryl methyl sites for hydroxylation is 1. The first kappa shape index (κ1) is 14.5. The zero-order chi connectivity index (χ0) is 14.5. The summed E-state index contributed by atoms with van der Waals surface area (Å²) < 4.78 is 12.9. The molecule has 0 saturated heterocycles. The second-order valence-electron chi connectivity index (χ2n) is 4.74. The molecule has 0 saturated carbocycles. The van der Waals surface area contributed by atoms with E-state index in [2.05, 4.69) is 10.6 Å². The van der Waals surface area contributed by atoms with Crippen molar-refractivity contribution >= 4 is 23.0 Å². The molecule has 0 spiro atoms. The molecule has 0 amide bonds. The van der Waals surface area contributed by atoms with E-state index in [1.807, 2.05) is 38.1 Å². The summed E-state index contributed by atoms with van der Waals surface area (Å²) in [5.41, 5.74) is 3.13. The van der Waals surface area contributed by atoms with E-state index < -0.39 is 0 Å². The van der Waals surface area contributed by atoms with Crippen molar-refractivity contribution in [2.45, 2.75) is 19.9 Å². The van der Waals surface area contributed by atoms with E-state index in [4.69, 9.17) is 12.2 Å². The number of hydrogen-bond donors (Lipinski definition) is 2. The van der Waals surface area contributed by atoms with Crippen molar-refractivity contribution in [1.82, 2.24) is 5.32 Å². The van der Waals surface area contributed by atoms with Gasteiger partial charge in [-0.25, -0.2) is 4.39 Å². The molecule has 0 heterocycles. The van der Waals surface area contributed by atoms with Gasteiger partial charge in [0.2, 0.25) is 0 Å². The van der Waals surface area contributed by atoms with Crippen LogP contribution in [0, 0.1) is 12.7 Å². The SMILES string of the molecule is Cc1ccc(NC(=S)N[C@H](C)c2ccc(F)cc2)cc1. The van der Waals surface area contributed by atoms with Crippen LogP contribution in [0.15, 0.2) is 48.5 Å². The summed E-state index contributed by atoms with van der Waals surface area (Å²) in [6.45, 7) is 4.02. The number of nitrogens with one attached hydrogen (secondary N) is 2. The highest BCUT2D eigenvalue weighted by molar-refractivity contribution is 7.80. The fraction of sp³-hybridized carbons (Fsp3) is 0.188. The molecule has 2 N–H and O–H groups in total. The normalized spacial score (nSPS) is 11.8. The van der Waals surface area contributed by atoms with Crippen molar-refractivity contribution < 1.29 is 4.39 Å². The molecule has 0 aromatic heterocycles. The number of benzene rings is 2. The van der Waals surface area contributed by atoms with Gasteiger partial charge in [-0.05, 0) is 55.9 Å². The zero-order valence-corrected chi connectivity index (χ0v) is 12.3. The Kier molecular flexibility index (Phi) is 4.69. The van der Waals surface area contributed by atoms with Crippen molar-refractivity contribution in [3.8, 4) is 0 Å². The summed E-state index contributed by atoms with van der Waals surface area (Å²) in [4.78, 5) is 0. The van der Waals surface area contributed by atoms with Crippen LogP contribution in [0.5, 0.6) is 0 Å². The van der Waals surface area contributed by atoms with E-state index >= 15 is 0 Å². The molecule has 0 fully saturated rings. The predicted octanol–water partition coefficient (Wildman–Crippen LogP) is 4.18. The van der Waals surface area contributed by atoms with Crippen LogP contribution in [0.25, 0.3) is 0 Å². The lowest BCUT2D eigenvalue weighted by molar-refractivity contribution is 0.624. The third kappa shape index (κ3) is 4.03. The summed E-state index contributed by atoms with van der Waals surface area (Å²) in [5, 5.41) is 6.85. The van der Waals surface area contributed by atoms with Crippen molar-refractivity contribution in [2.75, 3.05) is 5.32 Å². The van der Waals surface area contributed by atoms with Gasteiger partial charge in [-0.15, -0.1) is 0 Å². The maximum Gasteiger partial charge on any atom is 0.171 e. The Balaban J connectivity index is 1.93. The van der Waals surface area contributed by atoms with Crippen LogP contribution in [0.1, 0.15) is 24.1 Å². The molecule has 0 bridgehead atoms. The van der Waals surface area contributed by atoms with E-state index in [-0.39, 0.29) is 11.9 Å². The monoisotopic (exact) mass is 288 g/mol. The second kappa shape index (κ2) is 6.48. The van der Waals surface area contributed by atoms with Gasteiger partial charge in [-0.1, -0.05) is 29.8 Å². The standard InChI is InChI=1S/C16H17FN2S/c1-11-3-9-15(10-4-11)19-16(20)18-12(2)13-5-7-14(17)8-6-13/h3-10,12H,1-2H3,(H2,18,19,20)/t12-/m1/s1. The Bertz CT molecular complexity index is 578. The number of halogens is 1. The molecule has 0 radical (unpaired) electrons. The number of rotatable bonds is 3. The van der Waals surface area contributed by atoms with Gasteiger partial charge in [0.1, 0.15) is 5.82 Å². The number of hydrogen-bond acceptors (Lipinski definition) is 1. The number of thiocarbonyl (C=S) groups is 1. The predicted molar refractivity (Wildman–Crippen MR) is 85.4 cm³/mol. The Morgan fingerprint density at radius 3 is 2.25 bits per heavy atom. The minimum Gasteiger partial charge on any atom is -0.356 e. The lowest BCUT2D eigenvalue weighted by Gasteiger charge is -2.17. The van der Waals surface area contributed by atoms with E-state index in [0.717, 1.165) is 11.3 Å². The highest BCUT2D eigenvalue weighted by Crippen LogP contribution is 2.14. The fourth-order valence-corrected chi connectivity index (χ4v) is 2.13. The second-order valence-corrected chi connectivity index (χ2v) is 5.15. The third-order valence-corrected chi connectivity index (χ3v) is 3.25. The van der Waals surface area contributed by atoms with E-state index in [0.29, 0.717) is 5.11 Å². The van der Waals surface area contributed by atoms with E-state index in [1.165, 1.54) is 17.7 Å². The Labute approximate surface area is 124 Å². The van der Waals surface area contributed by atoms with E-state index in [9.17, 15) is 4.39 Å². The van der Waals surface area contributed by atoms with Gasteiger partial charge in [0, 0.05) is 5.69 Å². The highest BCUT2D eigenvalue weighted by atomic mass is 32.1. The molecule has 0 aliphatic carbocycles. The average Bonchev–Trinajstić information content (AvgIpc) is 2.42. The van der Waals surface area contributed by atoms with Gasteiger partial charge < -0.3 is 10.6 Å². The largest absolute Gasteiger partial charge is 0.356 e. The van der Waals surface area contributed by atoms with Crippen LogP contribution in [0.2, 0.25) is 0 Å². The topological polar surface area (TPSA) is 24.1 Å². The summed E-state index contributed by atoms with van der Waals surface area (Å²) in [6, 6.07) is 14.4. The van der Waals surface area contributed by atoms with Crippen LogP contribution in [-0.2, 0) is 0 Å². The molecule has 2 rings (SSSR count). The maximum atomic E-state index is 12.9. The van der Waals surface area contributed by atoms with Crippen LogP contribution in [0.4, 0.5) is 10.1 Å². The zero-order valence-electron chi connectivity index (χ0n) is 11.5. The van der Waals surface area contributed by atoms with Crippen molar-refractivity contribution in [1.29, 1.82) is 0 Å². The first-order chi connectivity index (χ1) is 9.54. The lowest BCUT2D eigenvalue weighted by atomic mass is 10.1. The molecular formula is C16H17FN2S. The minimum absolute atomic E-state index is 0.0149. The van der Waals surface area contributed by atoms with Gasteiger partial charge in [-0.3, -0.25) is 0 Å². The van der Waals surface area contributed by atoms with E-state index in [1.54, 1.807) is 12.1 Å². The minimum atomic E-state index is -0.235. The van der Waals surface area contributed by atoms with Crippen LogP contribution in [-0.4, -0.2) is 5.11 Å². The molecule has 2 aromatic rings. The van der Waals surface area contributed by atoms with Crippen molar-refractivity contribution in [3.63, 3.8) is 0 Å². The molecule has 104 valence electrons. The molecule has 4 heteroatoms. The first-order valence-electron chi connectivity index (χ1n) is 6.44. The quantitative estimate of drug-likeness (QED) is 0.828. The van der Waals surface area contributed by atoms with Crippen LogP contribution >= 0.6 is 12.2 Å². The van der Waals surface area contributed by atoms with Crippen LogP contribution < -0.4 is 10.6 Å². The van der Waals surface area contributed by atoms with Crippen LogP contribution in [0.3, 0.4) is 0 Å². The first-order valence-corrected chi connectivity index (χ1v) is 6.85. The summed E-state index contributed by atoms with van der Waals surface area (Å²) >= 11 is 5.27. The summed E-state index contributed by atoms with van der Waals surface area (Å²) in [6.07, 6.45) is 0. The highest BCUT2D eigenvalue weighted by Gasteiger charge is 2.07. The summed E-state index contributed by atoms with van der Waals surface area (Å²) in [7, 11) is 0. The van der Waals surface area contributed by atoms with Gasteiger partial charge in [0.25, 0.3) is 0 Å². The third-order valence-electron chi connectivity index (χ3n) is 3.03. The fourth-order valence-electron chi connectivity index (χ4n) is 1.84. The van der Waals surface area contributed by atoms with Gasteiger partial charge in [-0.2, -0.15) is 0 Å². The molecule has 0 aliphatic heterocycles. The maximum absolute atomic E-state index is 12.9. The molecule has 20 heavy (non-hydrogen) atoms. The molecule has 2 nitrogen and oxygen atoms in total. The molecule has 2 aromatic carbocycles. The molecular weight excluding hydrogens is 271 g/mol. The lowest BCUT2D eigenvalue weighted by Crippen LogP contribution is -2.30. The molecule has 1 atom stereocenters. The Morgan fingerprint density at radius 1 is 1.05 bits per heavy atom. The smallest absolute Gasteiger partial charge is 0.171 e. The Hall–Kier alpha value is -1.94. The number of anilines is 1. The van der Waals surface area contributed by atoms with Gasteiger partial charge in [0.05, 0.1) is 6.04 Å². The van der Waals surface area contributed by atoms with Gasteiger partial charge in [0.15, 0.2) is 5.11 Å². The van der Waals surface area contributed by atoms with Crippen molar-refractivity contribution in [2.24, 2.45) is 0 Å². The molecule has 0 unspecified atom stereocenters. The van der Waals surface area contributed by atoms with Crippen molar-refractivity contribution in [3.05, 3.63) is 65.5 Å². The average molecular weight is 288 g/mol. The summed E-state index contributed by atoms with van der Waals surface area (Å²) in [5.74, 6) is -0.235. The van der Waals surface area contributed by atoms with Gasteiger partial charge >= 0.3 is 0 Å². The molecule has 0 aliphatic rings.